The van der Waals surface area contributed by atoms with E-state index in [1.165, 1.54) is 5.56 Å². The van der Waals surface area contributed by atoms with Gasteiger partial charge in [0.15, 0.2) is 0 Å². The normalized spacial score (nSPS) is 21.6. The molecular weight excluding hydrogens is 244 g/mol. The fourth-order valence-electron chi connectivity index (χ4n) is 2.40. The van der Waals surface area contributed by atoms with E-state index >= 15 is 0 Å². The SMILES string of the molecule is O=C(NCc1ccc2c(c1)CCO2)C1COCCN1. The Kier molecular flexibility index (Phi) is 3.66. The Morgan fingerprint density at radius 1 is 1.42 bits per heavy atom. The highest BCUT2D eigenvalue weighted by Crippen LogP contribution is 2.25. The minimum Gasteiger partial charge on any atom is -0.493 e. The van der Waals surface area contributed by atoms with E-state index in [9.17, 15) is 4.79 Å². The molecule has 5 heteroatoms. The molecular formula is C14H18N2O3. The molecule has 19 heavy (non-hydrogen) atoms. The summed E-state index contributed by atoms with van der Waals surface area (Å²) in [7, 11) is 0. The summed E-state index contributed by atoms with van der Waals surface area (Å²) >= 11 is 0. The Morgan fingerprint density at radius 3 is 3.21 bits per heavy atom. The Morgan fingerprint density at radius 2 is 2.37 bits per heavy atom. The summed E-state index contributed by atoms with van der Waals surface area (Å²) < 4.78 is 10.7. The van der Waals surface area contributed by atoms with Gasteiger partial charge in [0.05, 0.1) is 19.8 Å². The third-order valence-electron chi connectivity index (χ3n) is 3.46. The van der Waals surface area contributed by atoms with Crippen molar-refractivity contribution in [3.05, 3.63) is 29.3 Å². The van der Waals surface area contributed by atoms with Crippen molar-refractivity contribution in [3.8, 4) is 5.75 Å². The number of rotatable bonds is 3. The average Bonchev–Trinajstić information content (AvgIpc) is 2.93. The zero-order valence-corrected chi connectivity index (χ0v) is 10.8. The number of ether oxygens (including phenoxy) is 2. The third kappa shape index (κ3) is 2.88. The maximum Gasteiger partial charge on any atom is 0.239 e. The molecule has 0 radical (unpaired) electrons. The van der Waals surface area contributed by atoms with Gasteiger partial charge in [0, 0.05) is 19.5 Å². The molecule has 0 bridgehead atoms. The van der Waals surface area contributed by atoms with E-state index in [1.807, 2.05) is 12.1 Å². The summed E-state index contributed by atoms with van der Waals surface area (Å²) in [5.74, 6) is 0.967. The van der Waals surface area contributed by atoms with Gasteiger partial charge in [0.25, 0.3) is 0 Å². The first-order valence-electron chi connectivity index (χ1n) is 6.66. The largest absolute Gasteiger partial charge is 0.493 e. The summed E-state index contributed by atoms with van der Waals surface area (Å²) in [6, 6.07) is 5.85. The van der Waals surface area contributed by atoms with Gasteiger partial charge in [-0.15, -0.1) is 0 Å². The molecule has 1 amide bonds. The van der Waals surface area contributed by atoms with Crippen molar-refractivity contribution in [3.63, 3.8) is 0 Å². The number of nitrogens with one attached hydrogen (secondary N) is 2. The zero-order valence-electron chi connectivity index (χ0n) is 10.8. The number of hydrogen-bond donors (Lipinski definition) is 2. The minimum absolute atomic E-state index is 0.00329. The number of fused-ring (bicyclic) bond motifs is 1. The van der Waals surface area contributed by atoms with Crippen LogP contribution in [0.4, 0.5) is 0 Å². The number of morpholine rings is 1. The molecule has 2 aliphatic rings. The molecule has 1 saturated heterocycles. The standard InChI is InChI=1S/C14H18N2O3/c17-14(12-9-18-6-4-15-12)16-8-10-1-2-13-11(7-10)3-5-19-13/h1-2,7,12,15H,3-6,8-9H2,(H,16,17). The Labute approximate surface area is 112 Å². The van der Waals surface area contributed by atoms with Crippen LogP contribution in [0, 0.1) is 0 Å². The van der Waals surface area contributed by atoms with Gasteiger partial charge >= 0.3 is 0 Å². The number of benzene rings is 1. The molecule has 0 spiro atoms. The van der Waals surface area contributed by atoms with Gasteiger partial charge in [-0.1, -0.05) is 12.1 Å². The Bertz CT molecular complexity index is 470. The lowest BCUT2D eigenvalue weighted by Crippen LogP contribution is -2.51. The second-order valence-corrected chi connectivity index (χ2v) is 4.84. The fraction of sp³-hybridized carbons (Fsp3) is 0.500. The van der Waals surface area contributed by atoms with Crippen LogP contribution in [0.3, 0.4) is 0 Å². The maximum atomic E-state index is 11.9. The molecule has 1 aromatic carbocycles. The van der Waals surface area contributed by atoms with Crippen molar-refractivity contribution in [2.45, 2.75) is 19.0 Å². The molecule has 1 fully saturated rings. The number of carbonyl (C=O) groups is 1. The van der Waals surface area contributed by atoms with E-state index in [1.54, 1.807) is 0 Å². The first kappa shape index (κ1) is 12.4. The van der Waals surface area contributed by atoms with E-state index in [0.29, 0.717) is 19.8 Å². The predicted octanol–water partition coefficient (Wildman–Crippen LogP) is 0.226. The molecule has 1 aromatic rings. The van der Waals surface area contributed by atoms with Crippen molar-refractivity contribution in [2.24, 2.45) is 0 Å². The van der Waals surface area contributed by atoms with Crippen LogP contribution in [0.25, 0.3) is 0 Å². The molecule has 0 aromatic heterocycles. The zero-order chi connectivity index (χ0) is 13.1. The van der Waals surface area contributed by atoms with E-state index < -0.39 is 0 Å². The van der Waals surface area contributed by atoms with Crippen LogP contribution < -0.4 is 15.4 Å². The highest BCUT2D eigenvalue weighted by molar-refractivity contribution is 5.81. The Balaban J connectivity index is 1.55. The lowest BCUT2D eigenvalue weighted by atomic mass is 10.1. The molecule has 1 unspecified atom stereocenters. The molecule has 2 heterocycles. The van der Waals surface area contributed by atoms with E-state index in [4.69, 9.17) is 9.47 Å². The lowest BCUT2D eigenvalue weighted by molar-refractivity contribution is -0.126. The monoisotopic (exact) mass is 262 g/mol. The van der Waals surface area contributed by atoms with Gasteiger partial charge < -0.3 is 20.1 Å². The number of carbonyl (C=O) groups excluding carboxylic acids is 1. The molecule has 2 aliphatic heterocycles. The van der Waals surface area contributed by atoms with Crippen molar-refractivity contribution in [1.29, 1.82) is 0 Å². The summed E-state index contributed by atoms with van der Waals surface area (Å²) in [5, 5.41) is 6.08. The first-order valence-corrected chi connectivity index (χ1v) is 6.66. The van der Waals surface area contributed by atoms with Crippen LogP contribution in [-0.2, 0) is 22.5 Å². The molecule has 1 atom stereocenters. The van der Waals surface area contributed by atoms with Crippen LogP contribution in [-0.4, -0.2) is 38.3 Å². The molecule has 5 nitrogen and oxygen atoms in total. The quantitative estimate of drug-likeness (QED) is 0.818. The van der Waals surface area contributed by atoms with Crippen LogP contribution >= 0.6 is 0 Å². The minimum atomic E-state index is -0.230. The lowest BCUT2D eigenvalue weighted by Gasteiger charge is -2.22. The van der Waals surface area contributed by atoms with Gasteiger partial charge in [-0.3, -0.25) is 4.79 Å². The number of amides is 1. The summed E-state index contributed by atoms with van der Waals surface area (Å²) in [6.07, 6.45) is 0.954. The molecule has 0 saturated carbocycles. The van der Waals surface area contributed by atoms with Crippen LogP contribution in [0.2, 0.25) is 0 Å². The smallest absolute Gasteiger partial charge is 0.239 e. The number of hydrogen-bond acceptors (Lipinski definition) is 4. The summed E-state index contributed by atoms with van der Waals surface area (Å²) in [4.78, 5) is 11.9. The van der Waals surface area contributed by atoms with Crippen LogP contribution in [0.5, 0.6) is 5.75 Å². The van der Waals surface area contributed by atoms with Crippen LogP contribution in [0.15, 0.2) is 18.2 Å². The van der Waals surface area contributed by atoms with Crippen molar-refractivity contribution in [2.75, 3.05) is 26.4 Å². The summed E-state index contributed by atoms with van der Waals surface area (Å²) in [5.41, 5.74) is 2.33. The van der Waals surface area contributed by atoms with E-state index in [0.717, 1.165) is 30.9 Å². The van der Waals surface area contributed by atoms with Gasteiger partial charge in [0.2, 0.25) is 5.91 Å². The average molecular weight is 262 g/mol. The fourth-order valence-corrected chi connectivity index (χ4v) is 2.40. The predicted molar refractivity (Wildman–Crippen MR) is 70.1 cm³/mol. The van der Waals surface area contributed by atoms with Crippen molar-refractivity contribution < 1.29 is 14.3 Å². The molecule has 2 N–H and O–H groups in total. The van der Waals surface area contributed by atoms with E-state index in [2.05, 4.69) is 16.7 Å². The van der Waals surface area contributed by atoms with E-state index in [-0.39, 0.29) is 11.9 Å². The summed E-state index contributed by atoms with van der Waals surface area (Å²) in [6.45, 7) is 3.16. The second kappa shape index (κ2) is 5.59. The van der Waals surface area contributed by atoms with Gasteiger partial charge in [-0.05, 0) is 17.2 Å². The van der Waals surface area contributed by atoms with Gasteiger partial charge in [0.1, 0.15) is 11.8 Å². The molecule has 102 valence electrons. The highest BCUT2D eigenvalue weighted by Gasteiger charge is 2.20. The van der Waals surface area contributed by atoms with Gasteiger partial charge in [-0.2, -0.15) is 0 Å². The maximum absolute atomic E-state index is 11.9. The molecule has 0 aliphatic carbocycles. The van der Waals surface area contributed by atoms with Crippen LogP contribution in [0.1, 0.15) is 11.1 Å². The highest BCUT2D eigenvalue weighted by atomic mass is 16.5. The van der Waals surface area contributed by atoms with Crippen molar-refractivity contribution >= 4 is 5.91 Å². The Hall–Kier alpha value is -1.59. The van der Waals surface area contributed by atoms with Gasteiger partial charge in [-0.25, -0.2) is 0 Å². The first-order chi connectivity index (χ1) is 9.33. The topological polar surface area (TPSA) is 59.6 Å². The second-order valence-electron chi connectivity index (χ2n) is 4.84. The third-order valence-corrected chi connectivity index (χ3v) is 3.46. The van der Waals surface area contributed by atoms with Crippen molar-refractivity contribution in [1.82, 2.24) is 10.6 Å². The molecule has 3 rings (SSSR count).